The lowest BCUT2D eigenvalue weighted by molar-refractivity contribution is -0.138. The molecule has 1 saturated heterocycles. The third-order valence-corrected chi connectivity index (χ3v) is 5.73. The van der Waals surface area contributed by atoms with Crippen molar-refractivity contribution >= 4 is 34.7 Å². The molecule has 1 fully saturated rings. The number of thiophene rings is 1. The summed E-state index contributed by atoms with van der Waals surface area (Å²) >= 11 is 1.38. The van der Waals surface area contributed by atoms with Crippen molar-refractivity contribution in [3.63, 3.8) is 0 Å². The summed E-state index contributed by atoms with van der Waals surface area (Å²) in [5.74, 6) is -0.555. The minimum absolute atomic E-state index is 0.0513. The van der Waals surface area contributed by atoms with Gasteiger partial charge in [-0.3, -0.25) is 14.4 Å². The van der Waals surface area contributed by atoms with Gasteiger partial charge in [0.2, 0.25) is 11.8 Å². The Kier molecular flexibility index (Phi) is 6.46. The Balaban J connectivity index is 1.62. The van der Waals surface area contributed by atoms with E-state index in [1.54, 1.807) is 18.0 Å². The molecule has 0 unspecified atom stereocenters. The molecule has 1 atom stereocenters. The second kappa shape index (κ2) is 9.01. The van der Waals surface area contributed by atoms with Gasteiger partial charge in [-0.15, -0.1) is 11.3 Å². The fourth-order valence-electron chi connectivity index (χ4n) is 3.36. The maximum atomic E-state index is 13.0. The zero-order chi connectivity index (χ0) is 20.1. The number of aryl methyl sites for hydroxylation is 1. The van der Waals surface area contributed by atoms with E-state index in [1.165, 1.54) is 16.2 Å². The Morgan fingerprint density at radius 3 is 2.61 bits per heavy atom. The standard InChI is InChI=1S/C21H25N3O3S/c1-15-8-10-16(11-9-15)22-19(25)14-23(2)20(26)17-6-3-4-12-24(17)21(27)18-7-5-13-28-18/h5,7-11,13,17H,3-4,6,12,14H2,1-2H3,(H,22,25)/t17-/m0/s1. The second-order valence-electron chi connectivity index (χ2n) is 7.10. The minimum atomic E-state index is -0.513. The van der Waals surface area contributed by atoms with E-state index < -0.39 is 6.04 Å². The Morgan fingerprint density at radius 2 is 1.93 bits per heavy atom. The first-order chi connectivity index (χ1) is 13.5. The van der Waals surface area contributed by atoms with Crippen LogP contribution < -0.4 is 5.32 Å². The van der Waals surface area contributed by atoms with E-state index in [-0.39, 0.29) is 24.3 Å². The first-order valence-electron chi connectivity index (χ1n) is 9.41. The summed E-state index contributed by atoms with van der Waals surface area (Å²) in [6, 6.07) is 10.6. The highest BCUT2D eigenvalue weighted by atomic mass is 32.1. The lowest BCUT2D eigenvalue weighted by Crippen LogP contribution is -2.53. The summed E-state index contributed by atoms with van der Waals surface area (Å²) in [6.45, 7) is 2.49. The van der Waals surface area contributed by atoms with Crippen LogP contribution >= 0.6 is 11.3 Å². The van der Waals surface area contributed by atoms with E-state index in [0.717, 1.165) is 18.4 Å². The summed E-state index contributed by atoms with van der Waals surface area (Å²) in [6.07, 6.45) is 2.41. The molecular weight excluding hydrogens is 374 g/mol. The van der Waals surface area contributed by atoms with Crippen molar-refractivity contribution < 1.29 is 14.4 Å². The van der Waals surface area contributed by atoms with Crippen LogP contribution in [0.5, 0.6) is 0 Å². The van der Waals surface area contributed by atoms with Gasteiger partial charge in [0.05, 0.1) is 11.4 Å². The predicted molar refractivity (Wildman–Crippen MR) is 110 cm³/mol. The Bertz CT molecular complexity index is 833. The van der Waals surface area contributed by atoms with Crippen LogP contribution in [-0.2, 0) is 9.59 Å². The average Bonchev–Trinajstić information content (AvgIpc) is 3.23. The molecule has 2 heterocycles. The molecule has 7 heteroatoms. The number of piperidine rings is 1. The van der Waals surface area contributed by atoms with Crippen molar-refractivity contribution in [3.05, 3.63) is 52.2 Å². The first-order valence-corrected chi connectivity index (χ1v) is 10.3. The van der Waals surface area contributed by atoms with E-state index in [1.807, 2.05) is 42.6 Å². The number of rotatable bonds is 5. The molecule has 0 aliphatic carbocycles. The summed E-state index contributed by atoms with van der Waals surface area (Å²) in [7, 11) is 1.61. The Hall–Kier alpha value is -2.67. The highest BCUT2D eigenvalue weighted by Crippen LogP contribution is 2.23. The highest BCUT2D eigenvalue weighted by Gasteiger charge is 2.34. The van der Waals surface area contributed by atoms with Gasteiger partial charge in [0.25, 0.3) is 5.91 Å². The van der Waals surface area contributed by atoms with Crippen LogP contribution in [0.2, 0.25) is 0 Å². The number of likely N-dealkylation sites (tertiary alicyclic amines) is 1. The lowest BCUT2D eigenvalue weighted by Gasteiger charge is -2.36. The first kappa shape index (κ1) is 20.1. The molecule has 3 amide bonds. The van der Waals surface area contributed by atoms with Gasteiger partial charge in [-0.2, -0.15) is 0 Å². The minimum Gasteiger partial charge on any atom is -0.335 e. The van der Waals surface area contributed by atoms with Gasteiger partial charge >= 0.3 is 0 Å². The third-order valence-electron chi connectivity index (χ3n) is 4.87. The fourth-order valence-corrected chi connectivity index (χ4v) is 4.04. The smallest absolute Gasteiger partial charge is 0.264 e. The average molecular weight is 400 g/mol. The zero-order valence-electron chi connectivity index (χ0n) is 16.2. The van der Waals surface area contributed by atoms with Crippen molar-refractivity contribution in [1.82, 2.24) is 9.80 Å². The van der Waals surface area contributed by atoms with Gasteiger partial charge in [-0.05, 0) is 49.8 Å². The number of likely N-dealkylation sites (N-methyl/N-ethyl adjacent to an activating group) is 1. The largest absolute Gasteiger partial charge is 0.335 e. The number of hydrogen-bond acceptors (Lipinski definition) is 4. The van der Waals surface area contributed by atoms with Crippen molar-refractivity contribution in [2.24, 2.45) is 0 Å². The van der Waals surface area contributed by atoms with Crippen molar-refractivity contribution in [2.45, 2.75) is 32.2 Å². The lowest BCUT2D eigenvalue weighted by atomic mass is 10.0. The van der Waals surface area contributed by atoms with Gasteiger partial charge in [0, 0.05) is 19.3 Å². The molecule has 148 valence electrons. The number of benzene rings is 1. The highest BCUT2D eigenvalue weighted by molar-refractivity contribution is 7.12. The van der Waals surface area contributed by atoms with Crippen LogP contribution in [0.4, 0.5) is 5.69 Å². The zero-order valence-corrected chi connectivity index (χ0v) is 17.0. The topological polar surface area (TPSA) is 69.7 Å². The number of anilines is 1. The molecule has 0 spiro atoms. The normalized spacial score (nSPS) is 16.5. The number of carbonyl (C=O) groups is 3. The van der Waals surface area contributed by atoms with E-state index in [4.69, 9.17) is 0 Å². The molecule has 1 aliphatic rings. The van der Waals surface area contributed by atoms with Gasteiger partial charge in [-0.1, -0.05) is 23.8 Å². The number of nitrogens with one attached hydrogen (secondary N) is 1. The molecule has 1 N–H and O–H groups in total. The number of carbonyl (C=O) groups excluding carboxylic acids is 3. The molecule has 6 nitrogen and oxygen atoms in total. The number of nitrogens with zero attached hydrogens (tertiary/aromatic N) is 2. The molecule has 3 rings (SSSR count). The van der Waals surface area contributed by atoms with Crippen LogP contribution in [-0.4, -0.2) is 53.7 Å². The van der Waals surface area contributed by atoms with Crippen LogP contribution in [0.25, 0.3) is 0 Å². The monoisotopic (exact) mass is 399 g/mol. The second-order valence-corrected chi connectivity index (χ2v) is 8.04. The predicted octanol–water partition coefficient (Wildman–Crippen LogP) is 3.15. The van der Waals surface area contributed by atoms with E-state index in [0.29, 0.717) is 23.5 Å². The number of hydrogen-bond donors (Lipinski definition) is 1. The molecule has 2 aromatic rings. The molecular formula is C21H25N3O3S. The molecule has 1 aliphatic heterocycles. The quantitative estimate of drug-likeness (QED) is 0.840. The summed E-state index contributed by atoms with van der Waals surface area (Å²) in [5, 5.41) is 4.66. The van der Waals surface area contributed by atoms with Crippen LogP contribution in [0.15, 0.2) is 41.8 Å². The molecule has 0 bridgehead atoms. The van der Waals surface area contributed by atoms with Gasteiger partial charge < -0.3 is 15.1 Å². The summed E-state index contributed by atoms with van der Waals surface area (Å²) in [4.78, 5) is 41.8. The molecule has 1 aromatic carbocycles. The SMILES string of the molecule is Cc1ccc(NC(=O)CN(C)C(=O)[C@@H]2CCCCN2C(=O)c2cccs2)cc1. The molecule has 1 aromatic heterocycles. The maximum absolute atomic E-state index is 13.0. The van der Waals surface area contributed by atoms with E-state index >= 15 is 0 Å². The van der Waals surface area contributed by atoms with Gasteiger partial charge in [0.1, 0.15) is 6.04 Å². The fraction of sp³-hybridized carbons (Fsp3) is 0.381. The van der Waals surface area contributed by atoms with Crippen LogP contribution in [0.3, 0.4) is 0 Å². The Labute approximate surface area is 169 Å². The summed E-state index contributed by atoms with van der Waals surface area (Å²) in [5.41, 5.74) is 1.81. The molecule has 0 radical (unpaired) electrons. The van der Waals surface area contributed by atoms with Crippen molar-refractivity contribution in [1.29, 1.82) is 0 Å². The van der Waals surface area contributed by atoms with Crippen molar-refractivity contribution in [2.75, 3.05) is 25.5 Å². The third kappa shape index (κ3) is 4.78. The van der Waals surface area contributed by atoms with Gasteiger partial charge in [-0.25, -0.2) is 0 Å². The molecule has 0 saturated carbocycles. The summed E-state index contributed by atoms with van der Waals surface area (Å²) < 4.78 is 0. The van der Waals surface area contributed by atoms with Crippen LogP contribution in [0, 0.1) is 6.92 Å². The molecule has 28 heavy (non-hydrogen) atoms. The van der Waals surface area contributed by atoms with Gasteiger partial charge in [0.15, 0.2) is 0 Å². The van der Waals surface area contributed by atoms with Crippen molar-refractivity contribution in [3.8, 4) is 0 Å². The Morgan fingerprint density at radius 1 is 1.18 bits per heavy atom. The number of amides is 3. The maximum Gasteiger partial charge on any atom is 0.264 e. The van der Waals surface area contributed by atoms with E-state index in [9.17, 15) is 14.4 Å². The van der Waals surface area contributed by atoms with Crippen LogP contribution in [0.1, 0.15) is 34.5 Å². The van der Waals surface area contributed by atoms with E-state index in [2.05, 4.69) is 5.32 Å².